The highest BCUT2D eigenvalue weighted by Crippen LogP contribution is 2.20. The van der Waals surface area contributed by atoms with Crippen LogP contribution in [0.4, 0.5) is 0 Å². The number of nitrogens with zero attached hydrogens (tertiary/aromatic N) is 1. The number of hydrogen-bond donors (Lipinski definition) is 1. The van der Waals surface area contributed by atoms with Crippen molar-refractivity contribution in [3.05, 3.63) is 77.7 Å². The van der Waals surface area contributed by atoms with Crippen molar-refractivity contribution in [2.45, 2.75) is 58.3 Å². The van der Waals surface area contributed by atoms with Crippen molar-refractivity contribution in [2.75, 3.05) is 0 Å². The van der Waals surface area contributed by atoms with Gasteiger partial charge in [-0.2, -0.15) is 0 Å². The molecule has 0 bridgehead atoms. The normalized spacial score (nSPS) is 11.0. The Hall–Kier alpha value is -2.35. The van der Waals surface area contributed by atoms with E-state index in [1.807, 2.05) is 12.3 Å². The Morgan fingerprint density at radius 1 is 0.769 bits per heavy atom. The number of aryl methyl sites for hydroxylation is 1. The van der Waals surface area contributed by atoms with Gasteiger partial charge in [0.15, 0.2) is 0 Å². The number of unbranched alkanes of at least 4 members (excludes halogenated alkanes) is 5. The van der Waals surface area contributed by atoms with Gasteiger partial charge < -0.3 is 4.98 Å². The van der Waals surface area contributed by atoms with E-state index < -0.39 is 0 Å². The molecular formula is C24H30N2. The Labute approximate surface area is 157 Å². The molecule has 0 fully saturated rings. The molecule has 1 heterocycles. The molecule has 2 heteroatoms. The summed E-state index contributed by atoms with van der Waals surface area (Å²) in [7, 11) is 0. The molecule has 3 rings (SSSR count). The minimum atomic E-state index is 0.844. The zero-order chi connectivity index (χ0) is 18.0. The SMILES string of the molecule is CCCCCCCCc1ccc(-c2cnc(Cc3ccccc3)[nH]2)cc1. The smallest absolute Gasteiger partial charge is 0.110 e. The number of benzene rings is 2. The standard InChI is InChI=1S/C24H30N2/c1-2-3-4-5-6-8-11-20-14-16-22(17-15-20)23-19-25-24(26-23)18-21-12-9-7-10-13-21/h7,9-10,12-17,19H,2-6,8,11,18H2,1H3,(H,25,26). The van der Waals surface area contributed by atoms with Crippen molar-refractivity contribution in [1.29, 1.82) is 0 Å². The van der Waals surface area contributed by atoms with Gasteiger partial charge in [0.25, 0.3) is 0 Å². The Bertz CT molecular complexity index is 756. The van der Waals surface area contributed by atoms with Gasteiger partial charge >= 0.3 is 0 Å². The van der Waals surface area contributed by atoms with Crippen molar-refractivity contribution in [3.8, 4) is 11.3 Å². The second-order valence-electron chi connectivity index (χ2n) is 7.12. The fourth-order valence-corrected chi connectivity index (χ4v) is 3.35. The van der Waals surface area contributed by atoms with Crippen molar-refractivity contribution < 1.29 is 0 Å². The van der Waals surface area contributed by atoms with Crippen LogP contribution in [-0.2, 0) is 12.8 Å². The van der Waals surface area contributed by atoms with Gasteiger partial charge in [-0.15, -0.1) is 0 Å². The summed E-state index contributed by atoms with van der Waals surface area (Å²) in [5.74, 6) is 1.02. The van der Waals surface area contributed by atoms with E-state index in [1.54, 1.807) is 0 Å². The molecule has 1 N–H and O–H groups in total. The van der Waals surface area contributed by atoms with Gasteiger partial charge in [-0.3, -0.25) is 0 Å². The number of H-pyrrole nitrogens is 1. The molecule has 26 heavy (non-hydrogen) atoms. The van der Waals surface area contributed by atoms with Gasteiger partial charge in [0.2, 0.25) is 0 Å². The number of hydrogen-bond acceptors (Lipinski definition) is 1. The molecule has 0 aliphatic carbocycles. The number of aromatic nitrogens is 2. The molecule has 0 saturated heterocycles. The Morgan fingerprint density at radius 2 is 1.50 bits per heavy atom. The Kier molecular flexibility index (Phi) is 7.06. The van der Waals surface area contributed by atoms with Crippen LogP contribution < -0.4 is 0 Å². The zero-order valence-electron chi connectivity index (χ0n) is 15.9. The molecular weight excluding hydrogens is 316 g/mol. The average molecular weight is 347 g/mol. The van der Waals surface area contributed by atoms with Crippen LogP contribution in [0.3, 0.4) is 0 Å². The van der Waals surface area contributed by atoms with Crippen LogP contribution in [0, 0.1) is 0 Å². The average Bonchev–Trinajstić information content (AvgIpc) is 3.14. The van der Waals surface area contributed by atoms with E-state index in [-0.39, 0.29) is 0 Å². The molecule has 0 amide bonds. The van der Waals surface area contributed by atoms with Crippen molar-refractivity contribution >= 4 is 0 Å². The first kappa shape index (κ1) is 18.4. The number of aromatic amines is 1. The van der Waals surface area contributed by atoms with Crippen molar-refractivity contribution in [3.63, 3.8) is 0 Å². The van der Waals surface area contributed by atoms with E-state index in [0.29, 0.717) is 0 Å². The van der Waals surface area contributed by atoms with Gasteiger partial charge in [-0.1, -0.05) is 93.6 Å². The predicted octanol–water partition coefficient (Wildman–Crippen LogP) is 6.57. The predicted molar refractivity (Wildman–Crippen MR) is 110 cm³/mol. The van der Waals surface area contributed by atoms with Gasteiger partial charge in [0, 0.05) is 6.42 Å². The summed E-state index contributed by atoms with van der Waals surface area (Å²) in [5, 5.41) is 0. The molecule has 0 saturated carbocycles. The lowest BCUT2D eigenvalue weighted by atomic mass is 10.0. The van der Waals surface area contributed by atoms with Crippen molar-refractivity contribution in [1.82, 2.24) is 9.97 Å². The fourth-order valence-electron chi connectivity index (χ4n) is 3.35. The molecule has 0 radical (unpaired) electrons. The largest absolute Gasteiger partial charge is 0.342 e. The zero-order valence-corrected chi connectivity index (χ0v) is 15.9. The molecule has 0 aliphatic rings. The van der Waals surface area contributed by atoms with Crippen LogP contribution in [0.2, 0.25) is 0 Å². The topological polar surface area (TPSA) is 28.7 Å². The first-order valence-electron chi connectivity index (χ1n) is 10.0. The summed E-state index contributed by atoms with van der Waals surface area (Å²) < 4.78 is 0. The van der Waals surface area contributed by atoms with Crippen LogP contribution in [0.1, 0.15) is 62.4 Å². The molecule has 0 aliphatic heterocycles. The third kappa shape index (κ3) is 5.59. The van der Waals surface area contributed by atoms with Gasteiger partial charge in [0.1, 0.15) is 5.82 Å². The summed E-state index contributed by atoms with van der Waals surface area (Å²) in [5.41, 5.74) is 5.03. The lowest BCUT2D eigenvalue weighted by molar-refractivity contribution is 0.607. The maximum absolute atomic E-state index is 4.54. The molecule has 0 atom stereocenters. The van der Waals surface area contributed by atoms with Crippen LogP contribution in [0.15, 0.2) is 60.8 Å². The molecule has 3 aromatic rings. The van der Waals surface area contributed by atoms with E-state index in [1.165, 1.54) is 61.6 Å². The molecule has 1 aromatic heterocycles. The molecule has 0 unspecified atom stereocenters. The number of imidazole rings is 1. The monoisotopic (exact) mass is 346 g/mol. The summed E-state index contributed by atoms with van der Waals surface area (Å²) in [6.07, 6.45) is 12.1. The maximum Gasteiger partial charge on any atom is 0.110 e. The van der Waals surface area contributed by atoms with Crippen LogP contribution in [0.5, 0.6) is 0 Å². The lowest BCUT2D eigenvalue weighted by Crippen LogP contribution is -1.90. The van der Waals surface area contributed by atoms with Crippen molar-refractivity contribution in [2.24, 2.45) is 0 Å². The Balaban J connectivity index is 1.51. The van der Waals surface area contributed by atoms with Crippen LogP contribution >= 0.6 is 0 Å². The van der Waals surface area contributed by atoms with Gasteiger partial charge in [-0.25, -0.2) is 4.98 Å². The summed E-state index contributed by atoms with van der Waals surface area (Å²) in [6.45, 7) is 2.27. The minimum absolute atomic E-state index is 0.844. The molecule has 2 aromatic carbocycles. The third-order valence-electron chi connectivity index (χ3n) is 4.93. The molecule has 136 valence electrons. The van der Waals surface area contributed by atoms with E-state index in [4.69, 9.17) is 0 Å². The third-order valence-corrected chi connectivity index (χ3v) is 4.93. The first-order chi connectivity index (χ1) is 12.8. The highest BCUT2D eigenvalue weighted by atomic mass is 14.9. The molecule has 2 nitrogen and oxygen atoms in total. The lowest BCUT2D eigenvalue weighted by Gasteiger charge is -2.04. The van der Waals surface area contributed by atoms with E-state index in [9.17, 15) is 0 Å². The summed E-state index contributed by atoms with van der Waals surface area (Å²) >= 11 is 0. The second kappa shape index (κ2) is 9.96. The van der Waals surface area contributed by atoms with E-state index >= 15 is 0 Å². The first-order valence-corrected chi connectivity index (χ1v) is 10.0. The number of rotatable bonds is 10. The highest BCUT2D eigenvalue weighted by molar-refractivity contribution is 5.58. The van der Waals surface area contributed by atoms with E-state index in [0.717, 1.165) is 17.9 Å². The molecule has 0 spiro atoms. The quantitative estimate of drug-likeness (QED) is 0.413. The summed E-state index contributed by atoms with van der Waals surface area (Å²) in [4.78, 5) is 8.00. The van der Waals surface area contributed by atoms with Gasteiger partial charge in [-0.05, 0) is 29.5 Å². The van der Waals surface area contributed by atoms with E-state index in [2.05, 4.69) is 65.4 Å². The minimum Gasteiger partial charge on any atom is -0.342 e. The van der Waals surface area contributed by atoms with Crippen LogP contribution in [-0.4, -0.2) is 9.97 Å². The second-order valence-corrected chi connectivity index (χ2v) is 7.12. The fraction of sp³-hybridized carbons (Fsp3) is 0.375. The number of nitrogens with one attached hydrogen (secondary N) is 1. The highest BCUT2D eigenvalue weighted by Gasteiger charge is 2.04. The van der Waals surface area contributed by atoms with Gasteiger partial charge in [0.05, 0.1) is 11.9 Å². The summed E-state index contributed by atoms with van der Waals surface area (Å²) in [6, 6.07) is 19.4. The van der Waals surface area contributed by atoms with Crippen LogP contribution in [0.25, 0.3) is 11.3 Å². The Morgan fingerprint density at radius 3 is 2.27 bits per heavy atom. The maximum atomic E-state index is 4.54.